The number of likely N-dealkylation sites (N-methyl/N-ethyl adjacent to an activating group) is 1. The van der Waals surface area contributed by atoms with Crippen molar-refractivity contribution in [1.82, 2.24) is 15.1 Å². The summed E-state index contributed by atoms with van der Waals surface area (Å²) in [6.07, 6.45) is 3.68. The number of nitrogens with zero attached hydrogens (tertiary/aromatic N) is 3. The Hall–Kier alpha value is -2.99. The minimum absolute atomic E-state index is 0.0404. The number of fused-ring (bicyclic) bond motifs is 1. The van der Waals surface area contributed by atoms with Crippen LogP contribution in [0.4, 0.5) is 5.69 Å². The Kier molecular flexibility index (Phi) is 4.50. The molecule has 2 aromatic carbocycles. The number of rotatable bonds is 4. The summed E-state index contributed by atoms with van der Waals surface area (Å²) in [5.41, 5.74) is 0.756. The normalized spacial score (nSPS) is 17.3. The van der Waals surface area contributed by atoms with Crippen LogP contribution in [0.25, 0.3) is 10.8 Å². The molecule has 1 N–H and O–H groups in total. The van der Waals surface area contributed by atoms with E-state index in [4.69, 9.17) is 4.74 Å². The highest BCUT2D eigenvalue weighted by Gasteiger charge is 2.27. The van der Waals surface area contributed by atoms with Crippen molar-refractivity contribution in [2.45, 2.75) is 18.9 Å². The van der Waals surface area contributed by atoms with Crippen molar-refractivity contribution in [1.29, 1.82) is 0 Å². The highest BCUT2D eigenvalue weighted by Crippen LogP contribution is 2.27. The van der Waals surface area contributed by atoms with E-state index >= 15 is 0 Å². The fraction of sp³-hybridized carbons (Fsp3) is 0.250. The van der Waals surface area contributed by atoms with Crippen LogP contribution in [0.1, 0.15) is 12.8 Å². The lowest BCUT2D eigenvalue weighted by Gasteiger charge is -2.18. The summed E-state index contributed by atoms with van der Waals surface area (Å²) >= 11 is 0. The van der Waals surface area contributed by atoms with Crippen LogP contribution in [0.3, 0.4) is 0 Å². The van der Waals surface area contributed by atoms with Crippen LogP contribution in [0.15, 0.2) is 54.7 Å². The van der Waals surface area contributed by atoms with Gasteiger partial charge in [0.05, 0.1) is 12.2 Å². The van der Waals surface area contributed by atoms with Crippen molar-refractivity contribution in [3.8, 4) is 11.6 Å². The van der Waals surface area contributed by atoms with E-state index in [-0.39, 0.29) is 11.9 Å². The number of hydrogen-bond acceptors (Lipinski definition) is 5. The third-order valence-corrected chi connectivity index (χ3v) is 4.70. The predicted octanol–water partition coefficient (Wildman–Crippen LogP) is 3.45. The average molecular weight is 348 g/mol. The van der Waals surface area contributed by atoms with Crippen LogP contribution in [0.2, 0.25) is 0 Å². The summed E-state index contributed by atoms with van der Waals surface area (Å²) in [6.45, 7) is 0.969. The maximum absolute atomic E-state index is 12.3. The third-order valence-electron chi connectivity index (χ3n) is 4.70. The van der Waals surface area contributed by atoms with Gasteiger partial charge < -0.3 is 10.1 Å². The van der Waals surface area contributed by atoms with E-state index in [2.05, 4.69) is 20.4 Å². The SMILES string of the molecule is CN1CCC[C@@H]1C(=O)Nc1ccc(Oc2nncc3ccccc23)cc1. The Bertz CT molecular complexity index is 921. The Balaban J connectivity index is 1.47. The number of carbonyl (C=O) groups excluding carboxylic acids is 1. The largest absolute Gasteiger partial charge is 0.437 e. The first-order chi connectivity index (χ1) is 12.7. The molecule has 132 valence electrons. The monoisotopic (exact) mass is 348 g/mol. The smallest absolute Gasteiger partial charge is 0.246 e. The number of nitrogens with one attached hydrogen (secondary N) is 1. The summed E-state index contributed by atoms with van der Waals surface area (Å²) in [4.78, 5) is 14.4. The molecule has 0 aliphatic carbocycles. The van der Waals surface area contributed by atoms with Crippen molar-refractivity contribution >= 4 is 22.4 Å². The summed E-state index contributed by atoms with van der Waals surface area (Å²) in [5, 5.41) is 12.9. The number of ether oxygens (including phenoxy) is 1. The van der Waals surface area contributed by atoms with Gasteiger partial charge in [-0.2, -0.15) is 5.10 Å². The molecule has 1 aliphatic rings. The Morgan fingerprint density at radius 1 is 1.19 bits per heavy atom. The van der Waals surface area contributed by atoms with E-state index in [1.165, 1.54) is 0 Å². The maximum Gasteiger partial charge on any atom is 0.246 e. The van der Waals surface area contributed by atoms with E-state index < -0.39 is 0 Å². The number of likely N-dealkylation sites (tertiary alicyclic amines) is 1. The molecule has 0 saturated carbocycles. The van der Waals surface area contributed by atoms with Gasteiger partial charge in [-0.3, -0.25) is 9.69 Å². The zero-order valence-electron chi connectivity index (χ0n) is 14.6. The zero-order valence-corrected chi connectivity index (χ0v) is 14.6. The van der Waals surface area contributed by atoms with Gasteiger partial charge in [0.15, 0.2) is 0 Å². The van der Waals surface area contributed by atoms with E-state index in [1.54, 1.807) is 6.20 Å². The lowest BCUT2D eigenvalue weighted by molar-refractivity contribution is -0.119. The molecule has 6 nitrogen and oxygen atoms in total. The van der Waals surface area contributed by atoms with Gasteiger partial charge in [-0.25, -0.2) is 0 Å². The van der Waals surface area contributed by atoms with Crippen LogP contribution in [0.5, 0.6) is 11.6 Å². The van der Waals surface area contributed by atoms with Gasteiger partial charge >= 0.3 is 0 Å². The summed E-state index contributed by atoms with van der Waals surface area (Å²) in [6, 6.07) is 15.1. The first-order valence-corrected chi connectivity index (χ1v) is 8.70. The van der Waals surface area contributed by atoms with E-state index in [1.807, 2.05) is 55.6 Å². The minimum Gasteiger partial charge on any atom is -0.437 e. The summed E-state index contributed by atoms with van der Waals surface area (Å²) in [5.74, 6) is 1.15. The second-order valence-electron chi connectivity index (χ2n) is 6.49. The van der Waals surface area contributed by atoms with Gasteiger partial charge in [-0.15, -0.1) is 5.10 Å². The molecule has 6 heteroatoms. The minimum atomic E-state index is -0.0446. The molecular formula is C20H20N4O2. The predicted molar refractivity (Wildman–Crippen MR) is 100 cm³/mol. The first kappa shape index (κ1) is 16.5. The van der Waals surface area contributed by atoms with Gasteiger partial charge in [0.1, 0.15) is 5.75 Å². The molecule has 1 atom stereocenters. The molecule has 2 heterocycles. The lowest BCUT2D eigenvalue weighted by Crippen LogP contribution is -2.37. The van der Waals surface area contributed by atoms with Gasteiger partial charge in [0.2, 0.25) is 11.8 Å². The molecule has 1 amide bonds. The first-order valence-electron chi connectivity index (χ1n) is 8.70. The van der Waals surface area contributed by atoms with Crippen LogP contribution < -0.4 is 10.1 Å². The molecule has 1 aromatic heterocycles. The van der Waals surface area contributed by atoms with Gasteiger partial charge in [-0.05, 0) is 56.8 Å². The maximum atomic E-state index is 12.3. The number of aromatic nitrogens is 2. The van der Waals surface area contributed by atoms with Crippen molar-refractivity contribution in [2.24, 2.45) is 0 Å². The fourth-order valence-corrected chi connectivity index (χ4v) is 3.26. The number of hydrogen-bond donors (Lipinski definition) is 1. The highest BCUT2D eigenvalue weighted by atomic mass is 16.5. The zero-order chi connectivity index (χ0) is 17.9. The van der Waals surface area contributed by atoms with Gasteiger partial charge in [0, 0.05) is 16.5 Å². The third kappa shape index (κ3) is 3.36. The molecule has 0 spiro atoms. The number of benzene rings is 2. The van der Waals surface area contributed by atoms with E-state index in [9.17, 15) is 4.79 Å². The van der Waals surface area contributed by atoms with Crippen LogP contribution in [-0.2, 0) is 4.79 Å². The molecule has 26 heavy (non-hydrogen) atoms. The van der Waals surface area contributed by atoms with Crippen molar-refractivity contribution in [3.05, 3.63) is 54.7 Å². The fourth-order valence-electron chi connectivity index (χ4n) is 3.26. The molecule has 1 aliphatic heterocycles. The van der Waals surface area contributed by atoms with E-state index in [0.717, 1.165) is 35.8 Å². The van der Waals surface area contributed by atoms with Crippen molar-refractivity contribution in [2.75, 3.05) is 18.9 Å². The molecule has 1 fully saturated rings. The second-order valence-corrected chi connectivity index (χ2v) is 6.49. The Morgan fingerprint density at radius 3 is 2.77 bits per heavy atom. The average Bonchev–Trinajstić information content (AvgIpc) is 3.10. The molecule has 1 saturated heterocycles. The Morgan fingerprint density at radius 2 is 2.00 bits per heavy atom. The summed E-state index contributed by atoms with van der Waals surface area (Å²) < 4.78 is 5.87. The Labute approximate surface area is 151 Å². The summed E-state index contributed by atoms with van der Waals surface area (Å²) in [7, 11) is 1.99. The molecule has 3 aromatic rings. The highest BCUT2D eigenvalue weighted by molar-refractivity contribution is 5.95. The quantitative estimate of drug-likeness (QED) is 0.782. The molecule has 0 unspecified atom stereocenters. The van der Waals surface area contributed by atoms with Crippen LogP contribution >= 0.6 is 0 Å². The van der Waals surface area contributed by atoms with Crippen molar-refractivity contribution in [3.63, 3.8) is 0 Å². The van der Waals surface area contributed by atoms with Crippen LogP contribution in [0, 0.1) is 0 Å². The van der Waals surface area contributed by atoms with Gasteiger partial charge in [-0.1, -0.05) is 18.2 Å². The standard InChI is InChI=1S/C20H20N4O2/c1-24-12-4-7-18(24)19(25)22-15-8-10-16(11-9-15)26-20-17-6-3-2-5-14(17)13-21-23-20/h2-3,5-6,8-11,13,18H,4,7,12H2,1H3,(H,22,25)/t18-/m1/s1. The second kappa shape index (κ2) is 7.09. The number of amides is 1. The molecule has 0 radical (unpaired) electrons. The van der Waals surface area contributed by atoms with Gasteiger partial charge in [0.25, 0.3) is 0 Å². The van der Waals surface area contributed by atoms with Crippen molar-refractivity contribution < 1.29 is 9.53 Å². The van der Waals surface area contributed by atoms with E-state index in [0.29, 0.717) is 11.6 Å². The number of carbonyl (C=O) groups is 1. The lowest BCUT2D eigenvalue weighted by atomic mass is 10.2. The molecule has 0 bridgehead atoms. The van der Waals surface area contributed by atoms with Crippen LogP contribution in [-0.4, -0.2) is 40.6 Å². The molecule has 4 rings (SSSR count). The molecular weight excluding hydrogens is 328 g/mol. The topological polar surface area (TPSA) is 67.4 Å². The number of anilines is 1.